The topological polar surface area (TPSA) is 29.1 Å². The van der Waals surface area contributed by atoms with Crippen molar-refractivity contribution in [2.45, 2.75) is 33.2 Å². The first kappa shape index (κ1) is 12.9. The minimum Gasteiger partial charge on any atom is -0.310 e. The number of ketones is 1. The lowest BCUT2D eigenvalue weighted by Gasteiger charge is -2.11. The van der Waals surface area contributed by atoms with E-state index < -0.39 is 0 Å². The molecular weight excluding hydrogens is 198 g/mol. The number of likely N-dealkylation sites (N-methyl/N-ethyl adjacent to an activating group) is 1. The van der Waals surface area contributed by atoms with Crippen LogP contribution in [0.25, 0.3) is 0 Å². The van der Waals surface area contributed by atoms with Gasteiger partial charge in [-0.05, 0) is 37.9 Å². The third-order valence-electron chi connectivity index (χ3n) is 2.68. The number of hydrogen-bond acceptors (Lipinski definition) is 2. The largest absolute Gasteiger partial charge is 0.310 e. The van der Waals surface area contributed by atoms with Gasteiger partial charge in [0.1, 0.15) is 0 Å². The van der Waals surface area contributed by atoms with Crippen LogP contribution in [0.2, 0.25) is 0 Å². The molecule has 0 radical (unpaired) electrons. The van der Waals surface area contributed by atoms with Gasteiger partial charge in [0.15, 0.2) is 5.78 Å². The molecule has 0 bridgehead atoms. The molecule has 0 saturated carbocycles. The molecular formula is C14H21NO. The van der Waals surface area contributed by atoms with Crippen LogP contribution in [-0.4, -0.2) is 18.9 Å². The number of carbonyl (C=O) groups excluding carboxylic acids is 1. The summed E-state index contributed by atoms with van der Waals surface area (Å²) in [5.74, 6) is 0.778. The van der Waals surface area contributed by atoms with Gasteiger partial charge in [-0.1, -0.05) is 32.0 Å². The molecule has 1 aromatic carbocycles. The number of hydrogen-bond donors (Lipinski definition) is 1. The van der Waals surface area contributed by atoms with Crippen LogP contribution in [0.3, 0.4) is 0 Å². The molecule has 16 heavy (non-hydrogen) atoms. The zero-order valence-corrected chi connectivity index (χ0v) is 10.6. The Morgan fingerprint density at radius 2 is 2.00 bits per heavy atom. The Balaban J connectivity index is 2.85. The Hall–Kier alpha value is -1.15. The standard InChI is InChI=1S/C14H21NO/c1-10(2)8-12-6-5-7-13(9-12)14(16)11(3)15-4/h5-7,9-11,15H,8H2,1-4H3. The van der Waals surface area contributed by atoms with Crippen molar-refractivity contribution in [3.8, 4) is 0 Å². The van der Waals surface area contributed by atoms with Crippen LogP contribution >= 0.6 is 0 Å². The number of rotatable bonds is 5. The van der Waals surface area contributed by atoms with Crippen molar-refractivity contribution in [2.24, 2.45) is 5.92 Å². The second-order valence-electron chi connectivity index (χ2n) is 4.67. The van der Waals surface area contributed by atoms with Crippen molar-refractivity contribution >= 4 is 5.78 Å². The Labute approximate surface area is 98.1 Å². The highest BCUT2D eigenvalue weighted by Crippen LogP contribution is 2.12. The SMILES string of the molecule is CNC(C)C(=O)c1cccc(CC(C)C)c1. The first-order chi connectivity index (χ1) is 7.54. The third-order valence-corrected chi connectivity index (χ3v) is 2.68. The van der Waals surface area contributed by atoms with E-state index >= 15 is 0 Å². The van der Waals surface area contributed by atoms with E-state index in [0.29, 0.717) is 5.92 Å². The predicted octanol–water partition coefficient (Wildman–Crippen LogP) is 2.68. The molecule has 1 atom stereocenters. The molecule has 0 aliphatic rings. The van der Waals surface area contributed by atoms with Gasteiger partial charge in [-0.25, -0.2) is 0 Å². The van der Waals surface area contributed by atoms with Crippen molar-refractivity contribution in [1.29, 1.82) is 0 Å². The van der Waals surface area contributed by atoms with Crippen LogP contribution in [0.5, 0.6) is 0 Å². The highest BCUT2D eigenvalue weighted by atomic mass is 16.1. The van der Waals surface area contributed by atoms with Crippen molar-refractivity contribution in [1.82, 2.24) is 5.32 Å². The molecule has 1 aromatic rings. The molecule has 0 amide bonds. The molecule has 2 nitrogen and oxygen atoms in total. The molecule has 0 saturated heterocycles. The summed E-state index contributed by atoms with van der Waals surface area (Å²) in [7, 11) is 1.81. The summed E-state index contributed by atoms with van der Waals surface area (Å²) in [5.41, 5.74) is 2.05. The molecule has 0 aromatic heterocycles. The number of nitrogens with one attached hydrogen (secondary N) is 1. The molecule has 1 rings (SSSR count). The zero-order valence-electron chi connectivity index (χ0n) is 10.6. The maximum absolute atomic E-state index is 12.0. The number of Topliss-reactive ketones (excluding diaryl/α,β-unsaturated/α-hetero) is 1. The lowest BCUT2D eigenvalue weighted by Crippen LogP contribution is -2.30. The average Bonchev–Trinajstić information content (AvgIpc) is 2.26. The highest BCUT2D eigenvalue weighted by molar-refractivity contribution is 5.99. The molecule has 0 spiro atoms. The zero-order chi connectivity index (χ0) is 12.1. The van der Waals surface area contributed by atoms with Gasteiger partial charge in [0.25, 0.3) is 0 Å². The maximum Gasteiger partial charge on any atom is 0.179 e. The molecule has 0 aliphatic carbocycles. The van der Waals surface area contributed by atoms with Gasteiger partial charge in [-0.3, -0.25) is 4.79 Å². The molecule has 0 fully saturated rings. The normalized spacial score (nSPS) is 12.8. The Morgan fingerprint density at radius 1 is 1.31 bits per heavy atom. The van der Waals surface area contributed by atoms with Gasteiger partial charge in [-0.2, -0.15) is 0 Å². The quantitative estimate of drug-likeness (QED) is 0.771. The van der Waals surface area contributed by atoms with E-state index in [4.69, 9.17) is 0 Å². The predicted molar refractivity (Wildman–Crippen MR) is 67.8 cm³/mol. The summed E-state index contributed by atoms with van der Waals surface area (Å²) in [6.07, 6.45) is 1.02. The monoisotopic (exact) mass is 219 g/mol. The smallest absolute Gasteiger partial charge is 0.179 e. The van der Waals surface area contributed by atoms with Crippen LogP contribution < -0.4 is 5.32 Å². The van der Waals surface area contributed by atoms with Crippen LogP contribution in [-0.2, 0) is 6.42 Å². The van der Waals surface area contributed by atoms with E-state index in [9.17, 15) is 4.79 Å². The van der Waals surface area contributed by atoms with Gasteiger partial charge in [-0.15, -0.1) is 0 Å². The van der Waals surface area contributed by atoms with Gasteiger partial charge < -0.3 is 5.32 Å². The van der Waals surface area contributed by atoms with Crippen LogP contribution in [0, 0.1) is 5.92 Å². The molecule has 0 aliphatic heterocycles. The second-order valence-corrected chi connectivity index (χ2v) is 4.67. The Kier molecular flexibility index (Phi) is 4.69. The van der Waals surface area contributed by atoms with Gasteiger partial charge in [0.05, 0.1) is 6.04 Å². The second kappa shape index (κ2) is 5.80. The summed E-state index contributed by atoms with van der Waals surface area (Å²) >= 11 is 0. The minimum absolute atomic E-state index is 0.116. The first-order valence-corrected chi connectivity index (χ1v) is 5.85. The fraction of sp³-hybridized carbons (Fsp3) is 0.500. The summed E-state index contributed by atoms with van der Waals surface area (Å²) < 4.78 is 0. The van der Waals surface area contributed by atoms with Crippen molar-refractivity contribution < 1.29 is 4.79 Å². The van der Waals surface area contributed by atoms with Crippen LogP contribution in [0.4, 0.5) is 0 Å². The lowest BCUT2D eigenvalue weighted by atomic mass is 9.98. The summed E-state index contributed by atoms with van der Waals surface area (Å²) in [6, 6.07) is 7.83. The van der Waals surface area contributed by atoms with Gasteiger partial charge in [0, 0.05) is 5.56 Å². The molecule has 2 heteroatoms. The summed E-state index contributed by atoms with van der Waals surface area (Å²) in [6.45, 7) is 6.26. The number of carbonyl (C=O) groups is 1. The van der Waals surface area contributed by atoms with E-state index in [2.05, 4.69) is 25.2 Å². The van der Waals surface area contributed by atoms with E-state index in [0.717, 1.165) is 12.0 Å². The van der Waals surface area contributed by atoms with Crippen LogP contribution in [0.15, 0.2) is 24.3 Å². The van der Waals surface area contributed by atoms with Crippen molar-refractivity contribution in [2.75, 3.05) is 7.05 Å². The number of benzene rings is 1. The Bertz CT molecular complexity index is 358. The van der Waals surface area contributed by atoms with Crippen LogP contribution in [0.1, 0.15) is 36.7 Å². The summed E-state index contributed by atoms with van der Waals surface area (Å²) in [5, 5.41) is 2.97. The summed E-state index contributed by atoms with van der Waals surface area (Å²) in [4.78, 5) is 12.0. The van der Waals surface area contributed by atoms with E-state index in [1.807, 2.05) is 25.1 Å². The Morgan fingerprint density at radius 3 is 2.56 bits per heavy atom. The average molecular weight is 219 g/mol. The minimum atomic E-state index is -0.116. The molecule has 88 valence electrons. The highest BCUT2D eigenvalue weighted by Gasteiger charge is 2.13. The first-order valence-electron chi connectivity index (χ1n) is 5.85. The maximum atomic E-state index is 12.0. The van der Waals surface area contributed by atoms with Gasteiger partial charge in [0.2, 0.25) is 0 Å². The third kappa shape index (κ3) is 3.46. The van der Waals surface area contributed by atoms with E-state index in [-0.39, 0.29) is 11.8 Å². The molecule has 1 N–H and O–H groups in total. The fourth-order valence-electron chi connectivity index (χ4n) is 1.70. The van der Waals surface area contributed by atoms with Gasteiger partial charge >= 0.3 is 0 Å². The lowest BCUT2D eigenvalue weighted by molar-refractivity contribution is 0.0955. The van der Waals surface area contributed by atoms with Crippen molar-refractivity contribution in [3.05, 3.63) is 35.4 Å². The molecule has 1 unspecified atom stereocenters. The van der Waals surface area contributed by atoms with E-state index in [1.54, 1.807) is 7.05 Å². The fourth-order valence-corrected chi connectivity index (χ4v) is 1.70. The van der Waals surface area contributed by atoms with Crippen molar-refractivity contribution in [3.63, 3.8) is 0 Å². The molecule has 0 heterocycles. The van der Waals surface area contributed by atoms with E-state index in [1.165, 1.54) is 5.56 Å².